The summed E-state index contributed by atoms with van der Waals surface area (Å²) in [7, 11) is 0. The van der Waals surface area contributed by atoms with Gasteiger partial charge in [-0.3, -0.25) is 0 Å². The van der Waals surface area contributed by atoms with Gasteiger partial charge in [-0.05, 0) is 32.0 Å². The fourth-order valence-electron chi connectivity index (χ4n) is 1.67. The van der Waals surface area contributed by atoms with Crippen LogP contribution in [0.3, 0.4) is 0 Å². The molecule has 17 heavy (non-hydrogen) atoms. The Bertz CT molecular complexity index is 528. The highest BCUT2D eigenvalue weighted by Gasteiger charge is 2.06. The average Bonchev–Trinajstić information content (AvgIpc) is 2.31. The molecule has 0 radical (unpaired) electrons. The highest BCUT2D eigenvalue weighted by atomic mass is 19.1. The molecule has 1 N–H and O–H groups in total. The maximum absolute atomic E-state index is 13.6. The molecule has 0 unspecified atom stereocenters. The summed E-state index contributed by atoms with van der Waals surface area (Å²) < 4.78 is 18.8. The fraction of sp³-hybridized carbons (Fsp3) is 0.308. The van der Waals surface area contributed by atoms with Crippen molar-refractivity contribution in [2.75, 3.05) is 18.5 Å². The number of halogens is 1. The molecule has 0 saturated carbocycles. The Hall–Kier alpha value is -1.84. The third kappa shape index (κ3) is 2.46. The van der Waals surface area contributed by atoms with Crippen molar-refractivity contribution in [3.8, 4) is 5.75 Å². The minimum absolute atomic E-state index is 0.276. The van der Waals surface area contributed by atoms with E-state index in [2.05, 4.69) is 10.3 Å². The van der Waals surface area contributed by atoms with Crippen molar-refractivity contribution in [1.82, 2.24) is 4.98 Å². The van der Waals surface area contributed by atoms with E-state index in [-0.39, 0.29) is 11.6 Å². The first-order valence-corrected chi connectivity index (χ1v) is 5.71. The van der Waals surface area contributed by atoms with Crippen molar-refractivity contribution in [1.29, 1.82) is 0 Å². The average molecular weight is 234 g/mol. The number of nitrogens with zero attached hydrogens (tertiary/aromatic N) is 1. The SMILES string of the molecule is CCNc1ccc2cc(OCC)c(F)cc2n1. The van der Waals surface area contributed by atoms with Gasteiger partial charge in [0.25, 0.3) is 0 Å². The van der Waals surface area contributed by atoms with Crippen LogP contribution < -0.4 is 10.1 Å². The largest absolute Gasteiger partial charge is 0.491 e. The van der Waals surface area contributed by atoms with Crippen LogP contribution in [-0.4, -0.2) is 18.1 Å². The van der Waals surface area contributed by atoms with E-state index < -0.39 is 0 Å². The van der Waals surface area contributed by atoms with Crippen LogP contribution in [-0.2, 0) is 0 Å². The smallest absolute Gasteiger partial charge is 0.167 e. The zero-order valence-electron chi connectivity index (χ0n) is 9.96. The lowest BCUT2D eigenvalue weighted by molar-refractivity contribution is 0.322. The number of hydrogen-bond acceptors (Lipinski definition) is 3. The molecule has 0 amide bonds. The summed E-state index contributed by atoms with van der Waals surface area (Å²) in [5.41, 5.74) is 0.629. The summed E-state index contributed by atoms with van der Waals surface area (Å²) in [6.07, 6.45) is 0. The van der Waals surface area contributed by atoms with Gasteiger partial charge in [0.2, 0.25) is 0 Å². The van der Waals surface area contributed by atoms with E-state index in [1.165, 1.54) is 6.07 Å². The van der Waals surface area contributed by atoms with Gasteiger partial charge in [-0.1, -0.05) is 0 Å². The van der Waals surface area contributed by atoms with E-state index in [4.69, 9.17) is 4.74 Å². The molecule has 0 aliphatic carbocycles. The van der Waals surface area contributed by atoms with Gasteiger partial charge in [-0.15, -0.1) is 0 Å². The quantitative estimate of drug-likeness (QED) is 0.882. The number of aromatic nitrogens is 1. The number of benzene rings is 1. The minimum Gasteiger partial charge on any atom is -0.491 e. The maximum atomic E-state index is 13.6. The van der Waals surface area contributed by atoms with Crippen molar-refractivity contribution >= 4 is 16.7 Å². The highest BCUT2D eigenvalue weighted by Crippen LogP contribution is 2.24. The maximum Gasteiger partial charge on any atom is 0.167 e. The van der Waals surface area contributed by atoms with Gasteiger partial charge < -0.3 is 10.1 Å². The lowest BCUT2D eigenvalue weighted by Crippen LogP contribution is -1.99. The summed E-state index contributed by atoms with van der Waals surface area (Å²) in [6, 6.07) is 6.86. The third-order valence-corrected chi connectivity index (χ3v) is 2.40. The van der Waals surface area contributed by atoms with E-state index in [1.54, 1.807) is 6.07 Å². The Kier molecular flexibility index (Phi) is 3.42. The molecule has 3 nitrogen and oxygen atoms in total. The molecule has 4 heteroatoms. The molecule has 0 fully saturated rings. The Morgan fingerprint density at radius 3 is 2.82 bits per heavy atom. The van der Waals surface area contributed by atoms with Gasteiger partial charge in [0, 0.05) is 18.0 Å². The normalized spacial score (nSPS) is 10.5. The van der Waals surface area contributed by atoms with Crippen LogP contribution in [0.15, 0.2) is 24.3 Å². The van der Waals surface area contributed by atoms with Crippen LogP contribution in [0.25, 0.3) is 10.9 Å². The van der Waals surface area contributed by atoms with Crippen molar-refractivity contribution in [3.05, 3.63) is 30.1 Å². The highest BCUT2D eigenvalue weighted by molar-refractivity contribution is 5.82. The topological polar surface area (TPSA) is 34.1 Å². The molecule has 0 aliphatic heterocycles. The number of anilines is 1. The van der Waals surface area contributed by atoms with E-state index >= 15 is 0 Å². The van der Waals surface area contributed by atoms with Gasteiger partial charge in [0.1, 0.15) is 5.82 Å². The second-order valence-corrected chi connectivity index (χ2v) is 3.64. The molecule has 2 aromatic rings. The molecule has 1 heterocycles. The molecule has 0 atom stereocenters. The molecule has 1 aromatic heterocycles. The molecule has 90 valence electrons. The molecular formula is C13H15FN2O. The summed E-state index contributed by atoms with van der Waals surface area (Å²) in [5, 5.41) is 3.97. The molecule has 2 rings (SSSR count). The van der Waals surface area contributed by atoms with Crippen molar-refractivity contribution in [2.45, 2.75) is 13.8 Å². The zero-order chi connectivity index (χ0) is 12.3. The lowest BCUT2D eigenvalue weighted by Gasteiger charge is -2.07. The van der Waals surface area contributed by atoms with Crippen LogP contribution in [0.2, 0.25) is 0 Å². The number of ether oxygens (including phenoxy) is 1. The fourth-order valence-corrected chi connectivity index (χ4v) is 1.67. The zero-order valence-corrected chi connectivity index (χ0v) is 9.96. The Morgan fingerprint density at radius 2 is 2.12 bits per heavy atom. The van der Waals surface area contributed by atoms with Gasteiger partial charge in [-0.2, -0.15) is 0 Å². The molecular weight excluding hydrogens is 219 g/mol. The Balaban J connectivity index is 2.46. The summed E-state index contributed by atoms with van der Waals surface area (Å²) >= 11 is 0. The number of rotatable bonds is 4. The Morgan fingerprint density at radius 1 is 1.29 bits per heavy atom. The van der Waals surface area contributed by atoms with E-state index in [1.807, 2.05) is 26.0 Å². The standard InChI is InChI=1S/C13H15FN2O/c1-3-15-13-6-5-9-7-12(17-4-2)10(14)8-11(9)16-13/h5-8H,3-4H2,1-2H3,(H,15,16). The monoisotopic (exact) mass is 234 g/mol. The first-order chi connectivity index (χ1) is 8.24. The first kappa shape index (κ1) is 11.6. The van der Waals surface area contributed by atoms with Gasteiger partial charge in [0.05, 0.1) is 12.1 Å². The van der Waals surface area contributed by atoms with Crippen LogP contribution in [0.5, 0.6) is 5.75 Å². The van der Waals surface area contributed by atoms with Crippen LogP contribution >= 0.6 is 0 Å². The molecule has 0 bridgehead atoms. The number of pyridine rings is 1. The lowest BCUT2D eigenvalue weighted by atomic mass is 10.2. The van der Waals surface area contributed by atoms with Gasteiger partial charge >= 0.3 is 0 Å². The Labute approximate surface area is 99.6 Å². The van der Waals surface area contributed by atoms with Crippen LogP contribution in [0, 0.1) is 5.82 Å². The number of nitrogens with one attached hydrogen (secondary N) is 1. The third-order valence-electron chi connectivity index (χ3n) is 2.40. The molecule has 1 aromatic carbocycles. The molecule has 0 spiro atoms. The van der Waals surface area contributed by atoms with Crippen molar-refractivity contribution in [3.63, 3.8) is 0 Å². The number of hydrogen-bond donors (Lipinski definition) is 1. The molecule has 0 aliphatic rings. The van der Waals surface area contributed by atoms with Crippen LogP contribution in [0.1, 0.15) is 13.8 Å². The van der Waals surface area contributed by atoms with Crippen LogP contribution in [0.4, 0.5) is 10.2 Å². The van der Waals surface area contributed by atoms with Gasteiger partial charge in [0.15, 0.2) is 11.6 Å². The van der Waals surface area contributed by atoms with Gasteiger partial charge in [-0.25, -0.2) is 9.37 Å². The second kappa shape index (κ2) is 4.99. The summed E-state index contributed by atoms with van der Waals surface area (Å²) in [5.74, 6) is 0.655. The van der Waals surface area contributed by atoms with Crippen molar-refractivity contribution < 1.29 is 9.13 Å². The molecule has 0 saturated heterocycles. The van der Waals surface area contributed by atoms with Crippen molar-refractivity contribution in [2.24, 2.45) is 0 Å². The van der Waals surface area contributed by atoms with E-state index in [9.17, 15) is 4.39 Å². The summed E-state index contributed by atoms with van der Waals surface area (Å²) in [6.45, 7) is 5.06. The number of fused-ring (bicyclic) bond motifs is 1. The summed E-state index contributed by atoms with van der Waals surface area (Å²) in [4.78, 5) is 4.32. The van der Waals surface area contributed by atoms with E-state index in [0.29, 0.717) is 12.1 Å². The second-order valence-electron chi connectivity index (χ2n) is 3.64. The predicted octanol–water partition coefficient (Wildman–Crippen LogP) is 3.20. The minimum atomic E-state index is -0.375. The first-order valence-electron chi connectivity index (χ1n) is 5.71. The van der Waals surface area contributed by atoms with E-state index in [0.717, 1.165) is 17.7 Å². The predicted molar refractivity (Wildman–Crippen MR) is 67.0 cm³/mol.